The number of aromatic nitrogens is 1. The van der Waals surface area contributed by atoms with Crippen LogP contribution in [-0.2, 0) is 16.8 Å². The van der Waals surface area contributed by atoms with Gasteiger partial charge in [0.25, 0.3) is 0 Å². The third kappa shape index (κ3) is 2.81. The van der Waals surface area contributed by atoms with Crippen LogP contribution in [0.1, 0.15) is 32.2 Å². The van der Waals surface area contributed by atoms with Crippen molar-refractivity contribution in [3.05, 3.63) is 29.6 Å². The lowest BCUT2D eigenvalue weighted by Crippen LogP contribution is -2.14. The second-order valence-corrected chi connectivity index (χ2v) is 4.20. The molecule has 1 aromatic heterocycles. The zero-order valence-corrected chi connectivity index (χ0v) is 8.79. The quantitative estimate of drug-likeness (QED) is 0.696. The molecule has 0 unspecified atom stereocenters. The van der Waals surface area contributed by atoms with Crippen molar-refractivity contribution < 1.29 is 4.74 Å². The number of methoxy groups -OCH3 is 1. The number of hydrogen-bond acceptors (Lipinski definition) is 2. The van der Waals surface area contributed by atoms with Gasteiger partial charge >= 0.3 is 0 Å². The molecule has 0 aliphatic carbocycles. The van der Waals surface area contributed by atoms with E-state index < -0.39 is 0 Å². The summed E-state index contributed by atoms with van der Waals surface area (Å²) in [5.74, 6) is 0. The Morgan fingerprint density at radius 2 is 2.00 bits per heavy atom. The number of rotatable bonds is 2. The van der Waals surface area contributed by atoms with Crippen LogP contribution in [0.3, 0.4) is 0 Å². The molecule has 0 radical (unpaired) electrons. The second kappa shape index (κ2) is 3.88. The summed E-state index contributed by atoms with van der Waals surface area (Å²) in [5.41, 5.74) is 2.22. The normalized spacial score (nSPS) is 11.7. The topological polar surface area (TPSA) is 22.1 Å². The van der Waals surface area contributed by atoms with Crippen LogP contribution in [-0.4, -0.2) is 12.1 Å². The molecule has 0 amide bonds. The van der Waals surface area contributed by atoms with Gasteiger partial charge < -0.3 is 4.74 Å². The minimum atomic E-state index is 0.115. The summed E-state index contributed by atoms with van der Waals surface area (Å²) in [6.45, 7) is 7.06. The first-order valence-electron chi connectivity index (χ1n) is 4.49. The van der Waals surface area contributed by atoms with Crippen molar-refractivity contribution in [1.29, 1.82) is 0 Å². The Morgan fingerprint density at radius 1 is 1.31 bits per heavy atom. The molecule has 1 rings (SSSR count). The van der Waals surface area contributed by atoms with Crippen molar-refractivity contribution in [3.63, 3.8) is 0 Å². The molecule has 0 bridgehead atoms. The highest BCUT2D eigenvalue weighted by molar-refractivity contribution is 5.17. The predicted octanol–water partition coefficient (Wildman–Crippen LogP) is 2.53. The molecule has 2 nitrogen and oxygen atoms in total. The van der Waals surface area contributed by atoms with Gasteiger partial charge in [-0.15, -0.1) is 0 Å². The van der Waals surface area contributed by atoms with E-state index >= 15 is 0 Å². The number of hydrogen-bond donors (Lipinski definition) is 0. The predicted molar refractivity (Wildman–Crippen MR) is 53.7 cm³/mol. The first kappa shape index (κ1) is 10.2. The van der Waals surface area contributed by atoms with Crippen molar-refractivity contribution in [2.75, 3.05) is 7.11 Å². The van der Waals surface area contributed by atoms with E-state index in [1.165, 1.54) is 0 Å². The van der Waals surface area contributed by atoms with E-state index in [0.29, 0.717) is 6.61 Å². The minimum Gasteiger partial charge on any atom is -0.378 e. The molecule has 0 aromatic carbocycles. The van der Waals surface area contributed by atoms with Gasteiger partial charge in [0.1, 0.15) is 0 Å². The molecular formula is C11H17NO. The van der Waals surface area contributed by atoms with Gasteiger partial charge in [-0.2, -0.15) is 0 Å². The van der Waals surface area contributed by atoms with Gasteiger partial charge in [0, 0.05) is 18.2 Å². The van der Waals surface area contributed by atoms with Gasteiger partial charge in [-0.1, -0.05) is 26.8 Å². The highest BCUT2D eigenvalue weighted by atomic mass is 16.5. The van der Waals surface area contributed by atoms with Crippen LogP contribution in [0.25, 0.3) is 0 Å². The van der Waals surface area contributed by atoms with Crippen LogP contribution >= 0.6 is 0 Å². The van der Waals surface area contributed by atoms with E-state index in [0.717, 1.165) is 11.4 Å². The van der Waals surface area contributed by atoms with Gasteiger partial charge in [0.15, 0.2) is 0 Å². The van der Waals surface area contributed by atoms with E-state index in [9.17, 15) is 0 Å². The maximum atomic E-state index is 5.03. The molecular weight excluding hydrogens is 162 g/mol. The zero-order valence-electron chi connectivity index (χ0n) is 8.79. The summed E-state index contributed by atoms with van der Waals surface area (Å²) in [6, 6.07) is 6.07. The zero-order chi connectivity index (χ0) is 9.90. The van der Waals surface area contributed by atoms with Crippen molar-refractivity contribution in [1.82, 2.24) is 4.98 Å². The molecule has 2 heteroatoms. The molecule has 0 saturated heterocycles. The van der Waals surface area contributed by atoms with E-state index in [1.807, 2.05) is 12.1 Å². The Balaban J connectivity index is 2.92. The van der Waals surface area contributed by atoms with Crippen molar-refractivity contribution in [2.45, 2.75) is 32.8 Å². The van der Waals surface area contributed by atoms with E-state index in [-0.39, 0.29) is 5.41 Å². The third-order valence-corrected chi connectivity index (χ3v) is 1.87. The smallest absolute Gasteiger partial charge is 0.0884 e. The molecule has 0 aliphatic heterocycles. The Bertz CT molecular complexity index is 276. The molecule has 0 aliphatic rings. The largest absolute Gasteiger partial charge is 0.378 e. The third-order valence-electron chi connectivity index (χ3n) is 1.87. The Morgan fingerprint density at radius 3 is 2.54 bits per heavy atom. The molecule has 0 saturated carbocycles. The van der Waals surface area contributed by atoms with Crippen molar-refractivity contribution in [3.8, 4) is 0 Å². The molecule has 0 spiro atoms. The fraction of sp³-hybridized carbons (Fsp3) is 0.545. The van der Waals surface area contributed by atoms with Gasteiger partial charge in [0.05, 0.1) is 12.3 Å². The Labute approximate surface area is 80.0 Å². The van der Waals surface area contributed by atoms with Gasteiger partial charge in [-0.3, -0.25) is 4.98 Å². The van der Waals surface area contributed by atoms with E-state index in [2.05, 4.69) is 31.8 Å². The second-order valence-electron chi connectivity index (χ2n) is 4.20. The molecule has 0 fully saturated rings. The van der Waals surface area contributed by atoms with Gasteiger partial charge in [0.2, 0.25) is 0 Å². The monoisotopic (exact) mass is 179 g/mol. The molecule has 0 N–H and O–H groups in total. The van der Waals surface area contributed by atoms with Gasteiger partial charge in [-0.25, -0.2) is 0 Å². The molecule has 72 valence electrons. The van der Waals surface area contributed by atoms with E-state index in [4.69, 9.17) is 4.74 Å². The summed E-state index contributed by atoms with van der Waals surface area (Å²) >= 11 is 0. The lowest BCUT2D eigenvalue weighted by atomic mass is 9.91. The standard InChI is InChI=1S/C11H17NO/c1-11(2,3)10-7-5-6-9(12-10)8-13-4/h5-7H,8H2,1-4H3. The fourth-order valence-corrected chi connectivity index (χ4v) is 1.13. The maximum absolute atomic E-state index is 5.03. The average Bonchev–Trinajstić information content (AvgIpc) is 2.04. The summed E-state index contributed by atoms with van der Waals surface area (Å²) in [5, 5.41) is 0. The molecule has 0 atom stereocenters. The van der Waals surface area contributed by atoms with Crippen LogP contribution in [0, 0.1) is 0 Å². The summed E-state index contributed by atoms with van der Waals surface area (Å²) in [7, 11) is 1.69. The Kier molecular flexibility index (Phi) is 3.04. The first-order chi connectivity index (χ1) is 6.04. The highest BCUT2D eigenvalue weighted by Crippen LogP contribution is 2.19. The van der Waals surface area contributed by atoms with Crippen molar-refractivity contribution in [2.24, 2.45) is 0 Å². The summed E-state index contributed by atoms with van der Waals surface area (Å²) in [6.07, 6.45) is 0. The first-order valence-corrected chi connectivity index (χ1v) is 4.49. The van der Waals surface area contributed by atoms with Crippen LogP contribution < -0.4 is 0 Å². The highest BCUT2D eigenvalue weighted by Gasteiger charge is 2.14. The average molecular weight is 179 g/mol. The summed E-state index contributed by atoms with van der Waals surface area (Å²) in [4.78, 5) is 4.51. The lowest BCUT2D eigenvalue weighted by Gasteiger charge is -2.18. The lowest BCUT2D eigenvalue weighted by molar-refractivity contribution is 0.181. The van der Waals surface area contributed by atoms with Crippen LogP contribution in [0.5, 0.6) is 0 Å². The Hall–Kier alpha value is -0.890. The van der Waals surface area contributed by atoms with Crippen LogP contribution in [0.2, 0.25) is 0 Å². The van der Waals surface area contributed by atoms with Crippen LogP contribution in [0.15, 0.2) is 18.2 Å². The fourth-order valence-electron chi connectivity index (χ4n) is 1.13. The minimum absolute atomic E-state index is 0.115. The maximum Gasteiger partial charge on any atom is 0.0884 e. The van der Waals surface area contributed by atoms with Crippen molar-refractivity contribution >= 4 is 0 Å². The number of pyridine rings is 1. The molecule has 13 heavy (non-hydrogen) atoms. The van der Waals surface area contributed by atoms with Gasteiger partial charge in [-0.05, 0) is 12.1 Å². The van der Waals surface area contributed by atoms with E-state index in [1.54, 1.807) is 7.11 Å². The number of nitrogens with zero attached hydrogens (tertiary/aromatic N) is 1. The molecule has 1 aromatic rings. The molecule has 1 heterocycles. The SMILES string of the molecule is COCc1cccc(C(C)(C)C)n1. The summed E-state index contributed by atoms with van der Waals surface area (Å²) < 4.78 is 5.03. The number of ether oxygens (including phenoxy) is 1. The van der Waals surface area contributed by atoms with Crippen LogP contribution in [0.4, 0.5) is 0 Å².